The van der Waals surface area contributed by atoms with Crippen LogP contribution < -0.4 is 4.90 Å². The second kappa shape index (κ2) is 7.36. The molecule has 0 aliphatic carbocycles. The first-order valence-corrected chi connectivity index (χ1v) is 9.30. The maximum Gasteiger partial charge on any atom is 0.320 e. The molecule has 2 atom stereocenters. The number of carboxylic acids is 1. The van der Waals surface area contributed by atoms with E-state index >= 15 is 0 Å². The number of benzene rings is 1. The van der Waals surface area contributed by atoms with Gasteiger partial charge in [-0.05, 0) is 59.5 Å². The van der Waals surface area contributed by atoms with Gasteiger partial charge in [0.2, 0.25) is 0 Å². The van der Waals surface area contributed by atoms with Gasteiger partial charge in [-0.1, -0.05) is 18.6 Å². The van der Waals surface area contributed by atoms with Crippen molar-refractivity contribution < 1.29 is 9.90 Å². The Morgan fingerprint density at radius 3 is 2.54 bits per heavy atom. The van der Waals surface area contributed by atoms with E-state index in [0.717, 1.165) is 37.1 Å². The summed E-state index contributed by atoms with van der Waals surface area (Å²) in [4.78, 5) is 16.0. The van der Waals surface area contributed by atoms with E-state index in [-0.39, 0.29) is 6.04 Å². The molecular weight excluding hydrogens is 320 g/mol. The number of rotatable bonds is 5. The Balaban J connectivity index is 1.99. The fourth-order valence-corrected chi connectivity index (χ4v) is 4.17. The molecule has 24 heavy (non-hydrogen) atoms. The number of hydrogen-bond donors (Lipinski definition) is 1. The molecule has 0 radical (unpaired) electrons. The molecule has 1 aliphatic rings. The van der Waals surface area contributed by atoms with Gasteiger partial charge in [-0.3, -0.25) is 9.69 Å². The summed E-state index contributed by atoms with van der Waals surface area (Å²) in [5, 5.41) is 13.9. The van der Waals surface area contributed by atoms with Gasteiger partial charge in [0, 0.05) is 19.8 Å². The van der Waals surface area contributed by atoms with Crippen molar-refractivity contribution in [3.63, 3.8) is 0 Å². The quantitative estimate of drug-likeness (QED) is 0.895. The van der Waals surface area contributed by atoms with Crippen molar-refractivity contribution >= 4 is 23.0 Å². The number of carbonyl (C=O) groups is 1. The van der Waals surface area contributed by atoms with Crippen molar-refractivity contribution in [1.29, 1.82) is 0 Å². The first-order valence-electron chi connectivity index (χ1n) is 8.36. The van der Waals surface area contributed by atoms with E-state index in [1.807, 2.05) is 14.1 Å². The molecule has 5 heteroatoms. The Labute approximate surface area is 147 Å². The molecule has 1 N–H and O–H groups in total. The largest absolute Gasteiger partial charge is 0.480 e. The first-order chi connectivity index (χ1) is 11.6. The highest BCUT2D eigenvalue weighted by molar-refractivity contribution is 7.08. The summed E-state index contributed by atoms with van der Waals surface area (Å²) in [6, 6.07) is 10.2. The van der Waals surface area contributed by atoms with Crippen LogP contribution in [0.3, 0.4) is 0 Å². The standard InChI is InChI=1S/C19H24N2O2S/c1-20(2)16-8-6-14(7-9-16)18(15-10-12-24-13-15)21-11-4-3-5-17(21)19(22)23/h6-10,12-13,17-18H,3-5,11H2,1-2H3,(H,22,23). The monoisotopic (exact) mass is 344 g/mol. The Morgan fingerprint density at radius 2 is 1.96 bits per heavy atom. The summed E-state index contributed by atoms with van der Waals surface area (Å²) >= 11 is 1.66. The normalized spacial score (nSPS) is 19.8. The lowest BCUT2D eigenvalue weighted by atomic mass is 9.93. The van der Waals surface area contributed by atoms with Crippen molar-refractivity contribution in [2.24, 2.45) is 0 Å². The van der Waals surface area contributed by atoms with Gasteiger partial charge in [0.1, 0.15) is 6.04 Å². The first kappa shape index (κ1) is 17.0. The van der Waals surface area contributed by atoms with Gasteiger partial charge in [0.05, 0.1) is 6.04 Å². The molecule has 3 rings (SSSR count). The van der Waals surface area contributed by atoms with Gasteiger partial charge in [-0.15, -0.1) is 0 Å². The molecule has 1 aromatic heterocycles. The van der Waals surface area contributed by atoms with Crippen molar-refractivity contribution in [2.45, 2.75) is 31.3 Å². The summed E-state index contributed by atoms with van der Waals surface area (Å²) in [5.41, 5.74) is 3.49. The molecule has 2 aromatic rings. The summed E-state index contributed by atoms with van der Waals surface area (Å²) < 4.78 is 0. The molecule has 4 nitrogen and oxygen atoms in total. The number of carboxylic acid groups (broad SMARTS) is 1. The summed E-state index contributed by atoms with van der Waals surface area (Å²) in [6.07, 6.45) is 2.77. The minimum absolute atomic E-state index is 0.00821. The molecule has 2 unspecified atom stereocenters. The topological polar surface area (TPSA) is 43.8 Å². The zero-order chi connectivity index (χ0) is 17.1. The summed E-state index contributed by atoms with van der Waals surface area (Å²) in [6.45, 7) is 0.826. The van der Waals surface area contributed by atoms with Gasteiger partial charge in [0.25, 0.3) is 0 Å². The van der Waals surface area contributed by atoms with Gasteiger partial charge < -0.3 is 10.0 Å². The lowest BCUT2D eigenvalue weighted by molar-refractivity contribution is -0.145. The van der Waals surface area contributed by atoms with E-state index in [9.17, 15) is 9.90 Å². The van der Waals surface area contributed by atoms with E-state index in [1.54, 1.807) is 11.3 Å². The van der Waals surface area contributed by atoms with Crippen LogP contribution in [0.5, 0.6) is 0 Å². The average Bonchev–Trinajstić information content (AvgIpc) is 3.10. The van der Waals surface area contributed by atoms with Crippen LogP contribution in [0.2, 0.25) is 0 Å². The third kappa shape index (κ3) is 3.47. The summed E-state index contributed by atoms with van der Waals surface area (Å²) in [5.74, 6) is -0.708. The molecule has 0 saturated carbocycles. The molecule has 1 aromatic carbocycles. The van der Waals surface area contributed by atoms with Crippen LogP contribution in [-0.2, 0) is 4.79 Å². The van der Waals surface area contributed by atoms with Gasteiger partial charge in [0.15, 0.2) is 0 Å². The molecule has 1 saturated heterocycles. The zero-order valence-corrected chi connectivity index (χ0v) is 15.0. The van der Waals surface area contributed by atoms with Crippen molar-refractivity contribution in [2.75, 3.05) is 25.5 Å². The Bertz CT molecular complexity index is 667. The van der Waals surface area contributed by atoms with E-state index in [1.165, 1.54) is 5.56 Å². The summed E-state index contributed by atoms with van der Waals surface area (Å²) in [7, 11) is 4.05. The van der Waals surface area contributed by atoms with Crippen LogP contribution >= 0.6 is 11.3 Å². The van der Waals surface area contributed by atoms with Gasteiger partial charge in [-0.2, -0.15) is 11.3 Å². The number of hydrogen-bond acceptors (Lipinski definition) is 4. The van der Waals surface area contributed by atoms with E-state index in [2.05, 4.69) is 50.9 Å². The number of likely N-dealkylation sites (tertiary alicyclic amines) is 1. The van der Waals surface area contributed by atoms with Crippen LogP contribution in [0, 0.1) is 0 Å². The third-order valence-electron chi connectivity index (χ3n) is 4.75. The molecule has 0 spiro atoms. The molecule has 1 aliphatic heterocycles. The molecule has 0 bridgehead atoms. The third-order valence-corrected chi connectivity index (χ3v) is 5.45. The number of piperidine rings is 1. The minimum atomic E-state index is -0.708. The highest BCUT2D eigenvalue weighted by atomic mass is 32.1. The lowest BCUT2D eigenvalue weighted by Crippen LogP contribution is -2.46. The second-order valence-corrected chi connectivity index (χ2v) is 7.31. The minimum Gasteiger partial charge on any atom is -0.480 e. The molecule has 1 fully saturated rings. The molecular formula is C19H24N2O2S. The maximum absolute atomic E-state index is 11.8. The SMILES string of the molecule is CN(C)c1ccc(C(c2ccsc2)N2CCCCC2C(=O)O)cc1. The second-order valence-electron chi connectivity index (χ2n) is 6.53. The van der Waals surface area contributed by atoms with Crippen LogP contribution in [-0.4, -0.2) is 42.7 Å². The van der Waals surface area contributed by atoms with Crippen LogP contribution in [0.4, 0.5) is 5.69 Å². The molecule has 0 amide bonds. The van der Waals surface area contributed by atoms with E-state index in [4.69, 9.17) is 0 Å². The fourth-order valence-electron chi connectivity index (χ4n) is 3.49. The smallest absolute Gasteiger partial charge is 0.320 e. The lowest BCUT2D eigenvalue weighted by Gasteiger charge is -2.39. The van der Waals surface area contributed by atoms with Gasteiger partial charge in [-0.25, -0.2) is 0 Å². The number of nitrogens with zero attached hydrogens (tertiary/aromatic N) is 2. The average molecular weight is 344 g/mol. The van der Waals surface area contributed by atoms with E-state index < -0.39 is 12.0 Å². The number of anilines is 1. The number of aliphatic carboxylic acids is 1. The van der Waals surface area contributed by atoms with Crippen molar-refractivity contribution in [3.05, 3.63) is 52.2 Å². The predicted molar refractivity (Wildman–Crippen MR) is 98.9 cm³/mol. The molecule has 2 heterocycles. The zero-order valence-electron chi connectivity index (χ0n) is 14.2. The number of thiophene rings is 1. The highest BCUT2D eigenvalue weighted by Crippen LogP contribution is 2.35. The fraction of sp³-hybridized carbons (Fsp3) is 0.421. The van der Waals surface area contributed by atoms with Crippen LogP contribution in [0.1, 0.15) is 36.4 Å². The van der Waals surface area contributed by atoms with Crippen LogP contribution in [0.15, 0.2) is 41.1 Å². The Kier molecular flexibility index (Phi) is 5.21. The predicted octanol–water partition coefficient (Wildman–Crippen LogP) is 3.84. The van der Waals surface area contributed by atoms with Crippen molar-refractivity contribution in [1.82, 2.24) is 4.90 Å². The van der Waals surface area contributed by atoms with Gasteiger partial charge >= 0.3 is 5.97 Å². The maximum atomic E-state index is 11.8. The highest BCUT2D eigenvalue weighted by Gasteiger charge is 2.35. The Morgan fingerprint density at radius 1 is 1.21 bits per heavy atom. The Hall–Kier alpha value is -1.85. The molecule has 128 valence electrons. The van der Waals surface area contributed by atoms with E-state index in [0.29, 0.717) is 0 Å². The van der Waals surface area contributed by atoms with Crippen molar-refractivity contribution in [3.8, 4) is 0 Å². The van der Waals surface area contributed by atoms with Crippen LogP contribution in [0.25, 0.3) is 0 Å².